The molecule has 0 atom stereocenters. The molecule has 0 bridgehead atoms. The fraction of sp³-hybridized carbons (Fsp3) is 0.120. The number of benzene rings is 3. The zero-order valence-corrected chi connectivity index (χ0v) is 18.1. The molecule has 1 aliphatic heterocycles. The number of hydrogen-bond acceptors (Lipinski definition) is 5. The first-order valence-electron chi connectivity index (χ1n) is 9.88. The summed E-state index contributed by atoms with van der Waals surface area (Å²) in [6.45, 7) is 0.253. The molecule has 0 aromatic heterocycles. The second-order valence-electron chi connectivity index (χ2n) is 7.04. The molecular weight excluding hydrogens is 429 g/mol. The van der Waals surface area contributed by atoms with Crippen LogP contribution in [0.3, 0.4) is 0 Å². The summed E-state index contributed by atoms with van der Waals surface area (Å²) in [4.78, 5) is 26.8. The lowest BCUT2D eigenvalue weighted by molar-refractivity contribution is -0.123. The van der Waals surface area contributed by atoms with Crippen molar-refractivity contribution >= 4 is 29.0 Å². The second kappa shape index (κ2) is 9.70. The summed E-state index contributed by atoms with van der Waals surface area (Å²) in [5.41, 5.74) is 1.96. The van der Waals surface area contributed by atoms with Gasteiger partial charge in [0.2, 0.25) is 0 Å². The molecule has 0 radical (unpaired) electrons. The summed E-state index contributed by atoms with van der Waals surface area (Å²) in [5, 5.41) is -0.311. The lowest BCUT2D eigenvalue weighted by Crippen LogP contribution is -2.27. The van der Waals surface area contributed by atoms with E-state index in [1.165, 1.54) is 18.1 Å². The average molecular weight is 450 g/mol. The zero-order valence-electron chi connectivity index (χ0n) is 17.3. The Morgan fingerprint density at radius 2 is 1.72 bits per heavy atom. The molecule has 4 rings (SSSR count). The van der Waals surface area contributed by atoms with E-state index in [0.717, 1.165) is 17.3 Å². The molecule has 1 fully saturated rings. The van der Waals surface area contributed by atoms with Gasteiger partial charge in [0, 0.05) is 5.56 Å². The van der Waals surface area contributed by atoms with Crippen LogP contribution >= 0.6 is 11.8 Å². The number of amides is 2. The Bertz CT molecular complexity index is 1180. The van der Waals surface area contributed by atoms with E-state index < -0.39 is 0 Å². The van der Waals surface area contributed by atoms with E-state index in [9.17, 15) is 14.0 Å². The van der Waals surface area contributed by atoms with Crippen LogP contribution < -0.4 is 9.47 Å². The predicted molar refractivity (Wildman–Crippen MR) is 122 cm³/mol. The number of halogens is 1. The molecule has 2 amide bonds. The highest BCUT2D eigenvalue weighted by atomic mass is 32.2. The number of methoxy groups -OCH3 is 1. The Hall–Kier alpha value is -3.58. The third kappa shape index (κ3) is 4.84. The second-order valence-corrected chi connectivity index (χ2v) is 8.04. The van der Waals surface area contributed by atoms with Gasteiger partial charge in [-0.3, -0.25) is 14.5 Å². The first-order valence-corrected chi connectivity index (χ1v) is 10.7. The van der Waals surface area contributed by atoms with Gasteiger partial charge in [0.1, 0.15) is 12.4 Å². The first kappa shape index (κ1) is 21.6. The summed E-state index contributed by atoms with van der Waals surface area (Å²) in [6.07, 6.45) is 1.64. The van der Waals surface area contributed by atoms with Crippen LogP contribution in [0.25, 0.3) is 6.08 Å². The maximum atomic E-state index is 13.9. The van der Waals surface area contributed by atoms with Crippen molar-refractivity contribution in [1.29, 1.82) is 0 Å². The molecule has 0 aliphatic carbocycles. The van der Waals surface area contributed by atoms with Crippen molar-refractivity contribution in [2.75, 3.05) is 7.11 Å². The summed E-state index contributed by atoms with van der Waals surface area (Å²) in [6, 6.07) is 20.9. The number of carbonyl (C=O) groups excluding carboxylic acids is 2. The molecule has 1 heterocycles. The van der Waals surface area contributed by atoms with E-state index in [1.54, 1.807) is 42.5 Å². The van der Waals surface area contributed by atoms with Gasteiger partial charge in [-0.15, -0.1) is 0 Å². The highest BCUT2D eigenvalue weighted by Crippen LogP contribution is 2.35. The number of ether oxygens (including phenoxy) is 2. The lowest BCUT2D eigenvalue weighted by Gasteiger charge is -2.13. The fourth-order valence-corrected chi connectivity index (χ4v) is 4.06. The topological polar surface area (TPSA) is 55.8 Å². The van der Waals surface area contributed by atoms with Crippen molar-refractivity contribution in [3.8, 4) is 11.5 Å². The maximum Gasteiger partial charge on any atom is 0.293 e. The van der Waals surface area contributed by atoms with Gasteiger partial charge in [-0.1, -0.05) is 54.6 Å². The minimum Gasteiger partial charge on any atom is -0.493 e. The van der Waals surface area contributed by atoms with Crippen molar-refractivity contribution in [1.82, 2.24) is 4.90 Å². The van der Waals surface area contributed by atoms with Crippen molar-refractivity contribution < 1.29 is 23.5 Å². The smallest absolute Gasteiger partial charge is 0.293 e. The van der Waals surface area contributed by atoms with Crippen molar-refractivity contribution in [3.05, 3.63) is 100 Å². The highest BCUT2D eigenvalue weighted by Gasteiger charge is 2.35. The molecule has 0 unspecified atom stereocenters. The molecule has 0 spiro atoms. The first-order chi connectivity index (χ1) is 15.5. The largest absolute Gasteiger partial charge is 0.493 e. The van der Waals surface area contributed by atoms with Crippen molar-refractivity contribution in [3.63, 3.8) is 0 Å². The molecule has 5 nitrogen and oxygen atoms in total. The number of carbonyl (C=O) groups is 2. The quantitative estimate of drug-likeness (QED) is 0.436. The molecule has 3 aromatic rings. The predicted octanol–water partition coefficient (Wildman–Crippen LogP) is 5.65. The Morgan fingerprint density at radius 1 is 0.969 bits per heavy atom. The van der Waals surface area contributed by atoms with Crippen LogP contribution in [0.15, 0.2) is 77.7 Å². The zero-order chi connectivity index (χ0) is 22.5. The lowest BCUT2D eigenvalue weighted by atomic mass is 10.1. The minimum atomic E-state index is -0.352. The van der Waals surface area contributed by atoms with E-state index in [2.05, 4.69) is 0 Å². The van der Waals surface area contributed by atoms with E-state index >= 15 is 0 Å². The normalized spacial score (nSPS) is 14.8. The Balaban J connectivity index is 1.53. The van der Waals surface area contributed by atoms with Crippen LogP contribution in [0.4, 0.5) is 9.18 Å². The van der Waals surface area contributed by atoms with E-state index in [-0.39, 0.29) is 30.1 Å². The van der Waals surface area contributed by atoms with Crippen LogP contribution in [0, 0.1) is 5.82 Å². The van der Waals surface area contributed by atoms with Gasteiger partial charge < -0.3 is 9.47 Å². The maximum absolute atomic E-state index is 13.9. The Morgan fingerprint density at radius 3 is 2.47 bits per heavy atom. The Labute approximate surface area is 189 Å². The van der Waals surface area contributed by atoms with Gasteiger partial charge in [-0.05, 0) is 47.2 Å². The Kier molecular flexibility index (Phi) is 6.56. The molecule has 162 valence electrons. The third-order valence-electron chi connectivity index (χ3n) is 4.88. The summed E-state index contributed by atoms with van der Waals surface area (Å²) >= 11 is 0.901. The number of rotatable bonds is 7. The SMILES string of the molecule is COc1ccc(/C=C2\SC(=O)N(Cc3ccccc3)C2=O)cc1OCc1ccccc1F. The summed E-state index contributed by atoms with van der Waals surface area (Å²) in [5.74, 6) is 0.201. The van der Waals surface area contributed by atoms with Gasteiger partial charge >= 0.3 is 0 Å². The van der Waals surface area contributed by atoms with Crippen LogP contribution in [-0.2, 0) is 17.9 Å². The standard InChI is InChI=1S/C25H20FNO4S/c1-30-21-12-11-18(13-22(21)31-16-19-9-5-6-10-20(19)26)14-23-24(28)27(25(29)32-23)15-17-7-3-2-4-8-17/h2-14H,15-16H2,1H3/b23-14-. The van der Waals surface area contributed by atoms with Crippen molar-refractivity contribution in [2.24, 2.45) is 0 Å². The molecule has 3 aromatic carbocycles. The molecule has 0 saturated carbocycles. The van der Waals surface area contributed by atoms with Gasteiger partial charge in [-0.2, -0.15) is 0 Å². The van der Waals surface area contributed by atoms with Crippen LogP contribution in [0.1, 0.15) is 16.7 Å². The van der Waals surface area contributed by atoms with E-state index in [1.807, 2.05) is 30.3 Å². The molecular formula is C25H20FNO4S. The summed E-state index contributed by atoms with van der Waals surface area (Å²) in [7, 11) is 1.51. The number of hydrogen-bond donors (Lipinski definition) is 0. The molecule has 7 heteroatoms. The molecule has 32 heavy (non-hydrogen) atoms. The number of imide groups is 1. The van der Waals surface area contributed by atoms with Gasteiger partial charge in [0.15, 0.2) is 11.5 Å². The van der Waals surface area contributed by atoms with Gasteiger partial charge in [0.05, 0.1) is 18.6 Å². The van der Waals surface area contributed by atoms with Gasteiger partial charge in [0.25, 0.3) is 11.1 Å². The average Bonchev–Trinajstić information content (AvgIpc) is 3.06. The molecule has 0 N–H and O–H groups in total. The van der Waals surface area contributed by atoms with Crippen LogP contribution in [-0.4, -0.2) is 23.2 Å². The minimum absolute atomic E-state index is 0.0279. The van der Waals surface area contributed by atoms with Gasteiger partial charge in [-0.25, -0.2) is 4.39 Å². The third-order valence-corrected chi connectivity index (χ3v) is 5.79. The van der Waals surface area contributed by atoms with Crippen molar-refractivity contribution in [2.45, 2.75) is 13.2 Å². The highest BCUT2D eigenvalue weighted by molar-refractivity contribution is 8.18. The molecule has 1 saturated heterocycles. The molecule has 1 aliphatic rings. The van der Waals surface area contributed by atoms with E-state index in [0.29, 0.717) is 27.5 Å². The van der Waals surface area contributed by atoms with Crippen LogP contribution in [0.2, 0.25) is 0 Å². The van der Waals surface area contributed by atoms with Crippen LogP contribution in [0.5, 0.6) is 11.5 Å². The number of thioether (sulfide) groups is 1. The fourth-order valence-electron chi connectivity index (χ4n) is 3.22. The summed E-state index contributed by atoms with van der Waals surface area (Å²) < 4.78 is 25.0. The monoisotopic (exact) mass is 449 g/mol. The van der Waals surface area contributed by atoms with E-state index in [4.69, 9.17) is 9.47 Å². The number of nitrogens with zero attached hydrogens (tertiary/aromatic N) is 1.